The first-order chi connectivity index (χ1) is 7.74. The zero-order chi connectivity index (χ0) is 11.4. The number of rotatable bonds is 4. The van der Waals surface area contributed by atoms with Crippen LogP contribution in [0, 0.1) is 11.8 Å². The number of nitrogens with one attached hydrogen (secondary N) is 1. The Labute approximate surface area is 99.3 Å². The first kappa shape index (κ1) is 11.7. The minimum absolute atomic E-state index is 0.755. The van der Waals surface area contributed by atoms with Crippen LogP contribution in [-0.4, -0.2) is 13.1 Å². The van der Waals surface area contributed by atoms with Gasteiger partial charge in [0.1, 0.15) is 0 Å². The molecule has 1 atom stereocenters. The van der Waals surface area contributed by atoms with Crippen molar-refractivity contribution >= 4 is 0 Å². The number of hydrogen-bond acceptors (Lipinski definition) is 1. The normalized spacial score (nSPS) is 20.6. The van der Waals surface area contributed by atoms with E-state index in [1.165, 1.54) is 43.5 Å². The Bertz CT molecular complexity index is 307. The third-order valence-corrected chi connectivity index (χ3v) is 3.35. The predicted octanol–water partition coefficient (Wildman–Crippen LogP) is 3.04. The number of hydrogen-bond donors (Lipinski definition) is 1. The lowest BCUT2D eigenvalue weighted by Gasteiger charge is -2.09. The van der Waals surface area contributed by atoms with Crippen LogP contribution in [-0.2, 0) is 12.8 Å². The highest BCUT2D eigenvalue weighted by Gasteiger charge is 2.14. The van der Waals surface area contributed by atoms with Crippen LogP contribution in [0.15, 0.2) is 24.3 Å². The molecule has 0 aromatic heterocycles. The fraction of sp³-hybridized carbons (Fsp3) is 0.600. The van der Waals surface area contributed by atoms with Crippen LogP contribution >= 0.6 is 0 Å². The summed E-state index contributed by atoms with van der Waals surface area (Å²) in [5.74, 6) is 1.61. The molecule has 16 heavy (non-hydrogen) atoms. The van der Waals surface area contributed by atoms with Gasteiger partial charge in [0.25, 0.3) is 0 Å². The van der Waals surface area contributed by atoms with Crippen LogP contribution in [0.5, 0.6) is 0 Å². The van der Waals surface area contributed by atoms with Gasteiger partial charge in [0, 0.05) is 0 Å². The molecule has 0 spiro atoms. The molecule has 0 saturated carbocycles. The summed E-state index contributed by atoms with van der Waals surface area (Å²) < 4.78 is 0. The minimum Gasteiger partial charge on any atom is -0.316 e. The molecule has 1 nitrogen and oxygen atoms in total. The molecule has 1 saturated heterocycles. The SMILES string of the molecule is CC(C)Cc1ccc(CC2CCNC2)cc1. The van der Waals surface area contributed by atoms with Crippen molar-refractivity contribution < 1.29 is 0 Å². The molecule has 1 aromatic carbocycles. The largest absolute Gasteiger partial charge is 0.316 e. The van der Waals surface area contributed by atoms with Crippen molar-refractivity contribution in [2.75, 3.05) is 13.1 Å². The fourth-order valence-corrected chi connectivity index (χ4v) is 2.50. The molecule has 1 aromatic rings. The summed E-state index contributed by atoms with van der Waals surface area (Å²) in [4.78, 5) is 0. The van der Waals surface area contributed by atoms with Crippen molar-refractivity contribution in [1.29, 1.82) is 0 Å². The van der Waals surface area contributed by atoms with Gasteiger partial charge in [-0.1, -0.05) is 38.1 Å². The van der Waals surface area contributed by atoms with Gasteiger partial charge >= 0.3 is 0 Å². The second-order valence-electron chi connectivity index (χ2n) is 5.48. The van der Waals surface area contributed by atoms with E-state index in [2.05, 4.69) is 43.4 Å². The van der Waals surface area contributed by atoms with E-state index < -0.39 is 0 Å². The molecule has 1 unspecified atom stereocenters. The Balaban J connectivity index is 1.90. The van der Waals surface area contributed by atoms with Gasteiger partial charge in [-0.25, -0.2) is 0 Å². The van der Waals surface area contributed by atoms with Crippen molar-refractivity contribution in [1.82, 2.24) is 5.32 Å². The van der Waals surface area contributed by atoms with Crippen molar-refractivity contribution in [3.8, 4) is 0 Å². The molecule has 88 valence electrons. The summed E-state index contributed by atoms with van der Waals surface area (Å²) in [5.41, 5.74) is 2.98. The van der Waals surface area contributed by atoms with Gasteiger partial charge in [0.05, 0.1) is 0 Å². The van der Waals surface area contributed by atoms with Crippen LogP contribution < -0.4 is 5.32 Å². The Kier molecular flexibility index (Phi) is 4.00. The molecular formula is C15H23N. The second-order valence-corrected chi connectivity index (χ2v) is 5.48. The van der Waals surface area contributed by atoms with E-state index >= 15 is 0 Å². The molecule has 2 rings (SSSR count). The molecule has 1 heterocycles. The lowest BCUT2D eigenvalue weighted by atomic mass is 9.96. The number of benzene rings is 1. The van der Waals surface area contributed by atoms with Crippen molar-refractivity contribution in [3.05, 3.63) is 35.4 Å². The fourth-order valence-electron chi connectivity index (χ4n) is 2.50. The van der Waals surface area contributed by atoms with Crippen molar-refractivity contribution in [2.24, 2.45) is 11.8 Å². The van der Waals surface area contributed by atoms with E-state index in [1.807, 2.05) is 0 Å². The highest BCUT2D eigenvalue weighted by atomic mass is 14.9. The van der Waals surface area contributed by atoms with E-state index in [4.69, 9.17) is 0 Å². The zero-order valence-electron chi connectivity index (χ0n) is 10.5. The molecule has 0 aliphatic carbocycles. The van der Waals surface area contributed by atoms with Gasteiger partial charge in [-0.15, -0.1) is 0 Å². The molecule has 1 fully saturated rings. The third kappa shape index (κ3) is 3.34. The molecule has 0 amide bonds. The lowest BCUT2D eigenvalue weighted by molar-refractivity contribution is 0.580. The van der Waals surface area contributed by atoms with E-state index in [9.17, 15) is 0 Å². The van der Waals surface area contributed by atoms with Crippen LogP contribution in [0.3, 0.4) is 0 Å². The van der Waals surface area contributed by atoms with E-state index in [0.29, 0.717) is 0 Å². The Morgan fingerprint density at radius 2 is 1.88 bits per heavy atom. The topological polar surface area (TPSA) is 12.0 Å². The minimum atomic E-state index is 0.755. The summed E-state index contributed by atoms with van der Waals surface area (Å²) in [7, 11) is 0. The van der Waals surface area contributed by atoms with Gasteiger partial charge < -0.3 is 5.32 Å². The molecular weight excluding hydrogens is 194 g/mol. The van der Waals surface area contributed by atoms with Gasteiger partial charge in [0.15, 0.2) is 0 Å². The first-order valence-electron chi connectivity index (χ1n) is 6.52. The van der Waals surface area contributed by atoms with Crippen LogP contribution in [0.25, 0.3) is 0 Å². The van der Waals surface area contributed by atoms with Crippen LogP contribution in [0.2, 0.25) is 0 Å². The van der Waals surface area contributed by atoms with E-state index in [1.54, 1.807) is 0 Å². The summed E-state index contributed by atoms with van der Waals surface area (Å²) in [6.07, 6.45) is 3.79. The van der Waals surface area contributed by atoms with E-state index in [0.717, 1.165) is 11.8 Å². The molecule has 1 N–H and O–H groups in total. The van der Waals surface area contributed by atoms with Crippen LogP contribution in [0.4, 0.5) is 0 Å². The monoisotopic (exact) mass is 217 g/mol. The van der Waals surface area contributed by atoms with Crippen LogP contribution in [0.1, 0.15) is 31.4 Å². The second kappa shape index (κ2) is 5.49. The van der Waals surface area contributed by atoms with Gasteiger partial charge in [-0.2, -0.15) is 0 Å². The van der Waals surface area contributed by atoms with Crippen molar-refractivity contribution in [3.63, 3.8) is 0 Å². The standard InChI is InChI=1S/C15H23N/c1-12(2)9-13-3-5-14(6-4-13)10-15-7-8-16-11-15/h3-6,12,15-16H,7-11H2,1-2H3. The Hall–Kier alpha value is -0.820. The average Bonchev–Trinajstić information content (AvgIpc) is 2.73. The van der Waals surface area contributed by atoms with Gasteiger partial charge in [-0.3, -0.25) is 0 Å². The molecule has 0 bridgehead atoms. The third-order valence-electron chi connectivity index (χ3n) is 3.35. The van der Waals surface area contributed by atoms with E-state index in [-0.39, 0.29) is 0 Å². The van der Waals surface area contributed by atoms with Gasteiger partial charge in [-0.05, 0) is 55.3 Å². The maximum absolute atomic E-state index is 3.43. The summed E-state index contributed by atoms with van der Waals surface area (Å²) >= 11 is 0. The summed E-state index contributed by atoms with van der Waals surface area (Å²) in [5, 5.41) is 3.43. The Morgan fingerprint density at radius 3 is 2.44 bits per heavy atom. The Morgan fingerprint density at radius 1 is 1.19 bits per heavy atom. The predicted molar refractivity (Wildman–Crippen MR) is 69.7 cm³/mol. The molecule has 1 aliphatic heterocycles. The lowest BCUT2D eigenvalue weighted by Crippen LogP contribution is -2.10. The summed E-state index contributed by atoms with van der Waals surface area (Å²) in [6, 6.07) is 9.24. The highest BCUT2D eigenvalue weighted by molar-refractivity contribution is 5.23. The summed E-state index contributed by atoms with van der Waals surface area (Å²) in [6.45, 7) is 6.96. The average molecular weight is 217 g/mol. The maximum Gasteiger partial charge on any atom is -0.00169 e. The molecule has 0 radical (unpaired) electrons. The smallest absolute Gasteiger partial charge is 0.00169 e. The first-order valence-corrected chi connectivity index (χ1v) is 6.52. The quantitative estimate of drug-likeness (QED) is 0.817. The molecule has 1 heteroatoms. The molecule has 1 aliphatic rings. The zero-order valence-corrected chi connectivity index (χ0v) is 10.5. The van der Waals surface area contributed by atoms with Crippen molar-refractivity contribution in [2.45, 2.75) is 33.1 Å². The maximum atomic E-state index is 3.43. The van der Waals surface area contributed by atoms with Gasteiger partial charge in [0.2, 0.25) is 0 Å². The highest BCUT2D eigenvalue weighted by Crippen LogP contribution is 2.16.